The lowest BCUT2D eigenvalue weighted by Crippen LogP contribution is -2.32. The van der Waals surface area contributed by atoms with E-state index in [9.17, 15) is 9.59 Å². The minimum atomic E-state index is -0.115. The number of amides is 2. The molecule has 2 amide bonds. The standard InChI is InChI=1S/C20H20ClN5O2/c1-2-18(27)26-8-5-13-9-14(3-4-17(13)26)19(28)25-7-6-16(12-25)24-20-22-10-15(21)11-23-20/h2-4,9-11,16H,1,5-8,12H2,(H,22,23,24)/t16-/m1/s1. The van der Waals surface area contributed by atoms with Crippen molar-refractivity contribution in [2.45, 2.75) is 18.9 Å². The molecule has 0 saturated carbocycles. The second-order valence-corrected chi connectivity index (χ2v) is 7.33. The van der Waals surface area contributed by atoms with Crippen LogP contribution in [0, 0.1) is 0 Å². The first-order valence-electron chi connectivity index (χ1n) is 9.15. The van der Waals surface area contributed by atoms with Crippen LogP contribution in [0.1, 0.15) is 22.3 Å². The largest absolute Gasteiger partial charge is 0.350 e. The van der Waals surface area contributed by atoms with Crippen LogP contribution in [0.25, 0.3) is 0 Å². The van der Waals surface area contributed by atoms with Crippen LogP contribution in [0.3, 0.4) is 0 Å². The second-order valence-electron chi connectivity index (χ2n) is 6.89. The van der Waals surface area contributed by atoms with Crippen molar-refractivity contribution in [2.24, 2.45) is 0 Å². The van der Waals surface area contributed by atoms with Crippen LogP contribution >= 0.6 is 11.6 Å². The van der Waals surface area contributed by atoms with E-state index in [0.29, 0.717) is 36.2 Å². The molecule has 2 aromatic rings. The van der Waals surface area contributed by atoms with E-state index in [1.54, 1.807) is 23.4 Å². The highest BCUT2D eigenvalue weighted by atomic mass is 35.5. The maximum Gasteiger partial charge on any atom is 0.253 e. The quantitative estimate of drug-likeness (QED) is 0.802. The molecule has 7 nitrogen and oxygen atoms in total. The summed E-state index contributed by atoms with van der Waals surface area (Å²) < 4.78 is 0. The molecule has 1 N–H and O–H groups in total. The van der Waals surface area contributed by atoms with Gasteiger partial charge >= 0.3 is 0 Å². The predicted octanol–water partition coefficient (Wildman–Crippen LogP) is 2.53. The van der Waals surface area contributed by atoms with E-state index < -0.39 is 0 Å². The summed E-state index contributed by atoms with van der Waals surface area (Å²) in [5.41, 5.74) is 2.53. The Labute approximate surface area is 168 Å². The highest BCUT2D eigenvalue weighted by Crippen LogP contribution is 2.30. The first-order valence-corrected chi connectivity index (χ1v) is 9.53. The zero-order valence-corrected chi connectivity index (χ0v) is 16.0. The van der Waals surface area contributed by atoms with Crippen molar-refractivity contribution in [3.63, 3.8) is 0 Å². The Hall–Kier alpha value is -2.93. The van der Waals surface area contributed by atoms with Gasteiger partial charge in [0.05, 0.1) is 17.4 Å². The maximum absolute atomic E-state index is 12.9. The number of carbonyl (C=O) groups excluding carboxylic acids is 2. The topological polar surface area (TPSA) is 78.4 Å². The molecule has 0 aliphatic carbocycles. The van der Waals surface area contributed by atoms with Gasteiger partial charge in [-0.15, -0.1) is 0 Å². The van der Waals surface area contributed by atoms with Crippen LogP contribution < -0.4 is 10.2 Å². The van der Waals surface area contributed by atoms with Crippen LogP contribution in [0.5, 0.6) is 0 Å². The Morgan fingerprint density at radius 2 is 2.04 bits per heavy atom. The zero-order valence-electron chi connectivity index (χ0n) is 15.3. The van der Waals surface area contributed by atoms with Gasteiger partial charge in [-0.25, -0.2) is 9.97 Å². The van der Waals surface area contributed by atoms with Gasteiger partial charge in [-0.3, -0.25) is 9.59 Å². The van der Waals surface area contributed by atoms with E-state index in [4.69, 9.17) is 11.6 Å². The lowest BCUT2D eigenvalue weighted by Gasteiger charge is -2.18. The monoisotopic (exact) mass is 397 g/mol. The van der Waals surface area contributed by atoms with Crippen LogP contribution in [-0.4, -0.2) is 52.4 Å². The van der Waals surface area contributed by atoms with Crippen molar-refractivity contribution < 1.29 is 9.59 Å². The minimum Gasteiger partial charge on any atom is -0.350 e. The minimum absolute atomic E-state index is 0.00220. The number of nitrogens with one attached hydrogen (secondary N) is 1. The van der Waals surface area contributed by atoms with E-state index in [-0.39, 0.29) is 17.9 Å². The summed E-state index contributed by atoms with van der Waals surface area (Å²) >= 11 is 5.80. The Morgan fingerprint density at radius 3 is 2.79 bits per heavy atom. The number of hydrogen-bond acceptors (Lipinski definition) is 5. The smallest absolute Gasteiger partial charge is 0.253 e. The summed E-state index contributed by atoms with van der Waals surface area (Å²) in [6, 6.07) is 5.64. The fraction of sp³-hybridized carbons (Fsp3) is 0.300. The molecule has 3 heterocycles. The molecule has 1 fully saturated rings. The van der Waals surface area contributed by atoms with Crippen LogP contribution in [0.2, 0.25) is 5.02 Å². The number of carbonyl (C=O) groups is 2. The van der Waals surface area contributed by atoms with E-state index in [2.05, 4.69) is 21.9 Å². The molecule has 0 spiro atoms. The van der Waals surface area contributed by atoms with Gasteiger partial charge in [0.25, 0.3) is 5.91 Å². The molecule has 1 atom stereocenters. The molecule has 2 aliphatic rings. The zero-order chi connectivity index (χ0) is 19.7. The highest BCUT2D eigenvalue weighted by Gasteiger charge is 2.29. The molecule has 2 aliphatic heterocycles. The van der Waals surface area contributed by atoms with E-state index >= 15 is 0 Å². The van der Waals surface area contributed by atoms with Gasteiger partial charge in [0.2, 0.25) is 11.9 Å². The summed E-state index contributed by atoms with van der Waals surface area (Å²) in [6.07, 6.45) is 5.97. The molecular weight excluding hydrogens is 378 g/mol. The van der Waals surface area contributed by atoms with Gasteiger partial charge in [-0.1, -0.05) is 18.2 Å². The number of rotatable bonds is 4. The van der Waals surface area contributed by atoms with Crippen molar-refractivity contribution in [3.05, 3.63) is 59.4 Å². The number of benzene rings is 1. The highest BCUT2D eigenvalue weighted by molar-refractivity contribution is 6.30. The SMILES string of the molecule is C=CC(=O)N1CCc2cc(C(=O)N3CC[C@@H](Nc4ncc(Cl)cn4)C3)ccc21. The molecule has 8 heteroatoms. The average molecular weight is 398 g/mol. The first-order chi connectivity index (χ1) is 13.5. The number of aromatic nitrogens is 2. The molecule has 0 unspecified atom stereocenters. The number of anilines is 2. The lowest BCUT2D eigenvalue weighted by atomic mass is 10.1. The van der Waals surface area contributed by atoms with Crippen molar-refractivity contribution in [2.75, 3.05) is 29.9 Å². The third-order valence-corrected chi connectivity index (χ3v) is 5.29. The Morgan fingerprint density at radius 1 is 1.25 bits per heavy atom. The molecule has 28 heavy (non-hydrogen) atoms. The number of likely N-dealkylation sites (tertiary alicyclic amines) is 1. The number of halogens is 1. The Kier molecular flexibility index (Phi) is 5.00. The number of nitrogens with zero attached hydrogens (tertiary/aromatic N) is 4. The van der Waals surface area contributed by atoms with Gasteiger partial charge in [0.1, 0.15) is 0 Å². The van der Waals surface area contributed by atoms with Gasteiger partial charge < -0.3 is 15.1 Å². The average Bonchev–Trinajstić information content (AvgIpc) is 3.35. The molecular formula is C20H20ClN5O2. The molecule has 4 rings (SSSR count). The van der Waals surface area contributed by atoms with Gasteiger partial charge in [-0.2, -0.15) is 0 Å². The third kappa shape index (κ3) is 3.57. The van der Waals surface area contributed by atoms with Crippen LogP contribution in [-0.2, 0) is 11.2 Å². The summed E-state index contributed by atoms with van der Waals surface area (Å²) in [5, 5.41) is 3.73. The number of fused-ring (bicyclic) bond motifs is 1. The molecule has 1 aromatic carbocycles. The normalized spacial score (nSPS) is 18.1. The van der Waals surface area contributed by atoms with E-state index in [0.717, 1.165) is 24.1 Å². The predicted molar refractivity (Wildman–Crippen MR) is 108 cm³/mol. The lowest BCUT2D eigenvalue weighted by molar-refractivity contribution is -0.114. The van der Waals surface area contributed by atoms with Gasteiger partial charge in [0, 0.05) is 36.9 Å². The molecule has 1 saturated heterocycles. The van der Waals surface area contributed by atoms with Gasteiger partial charge in [0.15, 0.2) is 0 Å². The number of hydrogen-bond donors (Lipinski definition) is 1. The fourth-order valence-electron chi connectivity index (χ4n) is 3.69. The summed E-state index contributed by atoms with van der Waals surface area (Å²) in [7, 11) is 0. The van der Waals surface area contributed by atoms with Crippen LogP contribution in [0.15, 0.2) is 43.2 Å². The first kappa shape index (κ1) is 18.4. The van der Waals surface area contributed by atoms with Gasteiger partial charge in [-0.05, 0) is 42.7 Å². The fourth-order valence-corrected chi connectivity index (χ4v) is 3.79. The Bertz CT molecular complexity index is 931. The third-order valence-electron chi connectivity index (χ3n) is 5.09. The van der Waals surface area contributed by atoms with Crippen molar-refractivity contribution in [1.29, 1.82) is 0 Å². The molecule has 0 bridgehead atoms. The van der Waals surface area contributed by atoms with Crippen molar-refractivity contribution in [3.8, 4) is 0 Å². The molecule has 144 valence electrons. The van der Waals surface area contributed by atoms with Crippen molar-refractivity contribution >= 4 is 35.1 Å². The Balaban J connectivity index is 1.42. The summed E-state index contributed by atoms with van der Waals surface area (Å²) in [4.78, 5) is 36.6. The van der Waals surface area contributed by atoms with E-state index in [1.165, 1.54) is 6.08 Å². The molecule has 1 aromatic heterocycles. The summed E-state index contributed by atoms with van der Waals surface area (Å²) in [5.74, 6) is 0.390. The second kappa shape index (κ2) is 7.59. The summed E-state index contributed by atoms with van der Waals surface area (Å²) in [6.45, 7) is 5.42. The van der Waals surface area contributed by atoms with Crippen LogP contribution in [0.4, 0.5) is 11.6 Å². The van der Waals surface area contributed by atoms with Crippen molar-refractivity contribution in [1.82, 2.24) is 14.9 Å². The van der Waals surface area contributed by atoms with E-state index in [1.807, 2.05) is 17.0 Å². The molecule has 0 radical (unpaired) electrons. The maximum atomic E-state index is 12.9.